The van der Waals surface area contributed by atoms with E-state index < -0.39 is 0 Å². The highest BCUT2D eigenvalue weighted by atomic mass is 32.1. The van der Waals surface area contributed by atoms with Crippen molar-refractivity contribution >= 4 is 33.0 Å². The molecule has 2 aromatic carbocycles. The van der Waals surface area contributed by atoms with Gasteiger partial charge in [0.2, 0.25) is 0 Å². The number of likely N-dealkylation sites (N-methyl/N-ethyl adjacent to an activating group) is 1. The third-order valence-electron chi connectivity index (χ3n) is 5.68. The van der Waals surface area contributed by atoms with Crippen LogP contribution >= 0.6 is 11.3 Å². The number of aromatic nitrogens is 1. The average molecular weight is 359 g/mol. The van der Waals surface area contributed by atoms with Crippen LogP contribution in [0.25, 0.3) is 32.2 Å². The highest BCUT2D eigenvalue weighted by molar-refractivity contribution is 7.13. The van der Waals surface area contributed by atoms with Crippen LogP contribution in [0.3, 0.4) is 0 Å². The Morgan fingerprint density at radius 3 is 2.77 bits per heavy atom. The molecule has 0 atom stereocenters. The van der Waals surface area contributed by atoms with Crippen LogP contribution in [0.2, 0.25) is 0 Å². The molecule has 3 heteroatoms. The Labute approximate surface area is 158 Å². The van der Waals surface area contributed by atoms with Gasteiger partial charge in [-0.2, -0.15) is 0 Å². The van der Waals surface area contributed by atoms with E-state index in [1.54, 1.807) is 0 Å². The lowest BCUT2D eigenvalue weighted by atomic mass is 9.90. The molecule has 3 heterocycles. The van der Waals surface area contributed by atoms with Gasteiger partial charge in [-0.05, 0) is 64.9 Å². The van der Waals surface area contributed by atoms with Crippen LogP contribution in [0, 0.1) is 6.92 Å². The Morgan fingerprint density at radius 1 is 1.08 bits per heavy atom. The molecular formula is C23H22N2S. The van der Waals surface area contributed by atoms with Gasteiger partial charge in [0.05, 0.1) is 16.1 Å². The maximum atomic E-state index is 5.19. The van der Waals surface area contributed by atoms with Gasteiger partial charge in [-0.25, -0.2) is 4.98 Å². The first kappa shape index (κ1) is 16.0. The van der Waals surface area contributed by atoms with E-state index in [4.69, 9.17) is 4.98 Å². The Morgan fingerprint density at radius 2 is 1.96 bits per heavy atom. The van der Waals surface area contributed by atoms with Crippen molar-refractivity contribution in [1.29, 1.82) is 0 Å². The first-order valence-corrected chi connectivity index (χ1v) is 10.2. The number of thiophene rings is 1. The molecule has 0 unspecified atom stereocenters. The standard InChI is InChI=1S/C23H22N2S/c1-3-25-12-10-18-19(14-25)22(23-15(2)11-13-26-23)24-20-9-8-16-6-4-5-7-17(16)21(18)20/h4-9,11,13H,3,10,12,14H2,1-2H3. The number of hydrogen-bond donors (Lipinski definition) is 0. The van der Waals surface area contributed by atoms with Crippen LogP contribution < -0.4 is 0 Å². The first-order valence-electron chi connectivity index (χ1n) is 9.36. The molecule has 0 aliphatic carbocycles. The van der Waals surface area contributed by atoms with E-state index in [9.17, 15) is 0 Å². The summed E-state index contributed by atoms with van der Waals surface area (Å²) in [5, 5.41) is 6.20. The fraction of sp³-hybridized carbons (Fsp3) is 0.261. The molecule has 0 saturated heterocycles. The molecule has 0 N–H and O–H groups in total. The van der Waals surface area contributed by atoms with Gasteiger partial charge in [-0.3, -0.25) is 4.90 Å². The van der Waals surface area contributed by atoms with Crippen molar-refractivity contribution in [3.05, 3.63) is 64.5 Å². The lowest BCUT2D eigenvalue weighted by Gasteiger charge is -2.30. The minimum atomic E-state index is 1.00. The highest BCUT2D eigenvalue weighted by Crippen LogP contribution is 2.39. The zero-order valence-corrected chi connectivity index (χ0v) is 16.1. The van der Waals surface area contributed by atoms with Crippen molar-refractivity contribution in [2.75, 3.05) is 13.1 Å². The molecule has 2 nitrogen and oxygen atoms in total. The van der Waals surface area contributed by atoms with E-state index in [2.05, 4.69) is 66.6 Å². The van der Waals surface area contributed by atoms with Crippen LogP contribution in [0.4, 0.5) is 0 Å². The molecule has 0 bridgehead atoms. The monoisotopic (exact) mass is 358 g/mol. The van der Waals surface area contributed by atoms with Gasteiger partial charge >= 0.3 is 0 Å². The third kappa shape index (κ3) is 2.38. The predicted molar refractivity (Wildman–Crippen MR) is 112 cm³/mol. The van der Waals surface area contributed by atoms with E-state index in [0.29, 0.717) is 0 Å². The predicted octanol–water partition coefficient (Wildman–Crippen LogP) is 5.80. The second-order valence-corrected chi connectivity index (χ2v) is 8.07. The molecule has 0 radical (unpaired) electrons. The maximum absolute atomic E-state index is 5.19. The van der Waals surface area contributed by atoms with Crippen LogP contribution in [-0.4, -0.2) is 23.0 Å². The summed E-state index contributed by atoms with van der Waals surface area (Å²) in [5.41, 5.74) is 6.62. The van der Waals surface area contributed by atoms with Gasteiger partial charge in [0.15, 0.2) is 0 Å². The quantitative estimate of drug-likeness (QED) is 0.421. The number of rotatable bonds is 2. The van der Waals surface area contributed by atoms with Crippen molar-refractivity contribution in [3.63, 3.8) is 0 Å². The summed E-state index contributed by atoms with van der Waals surface area (Å²) in [6, 6.07) is 15.4. The summed E-state index contributed by atoms with van der Waals surface area (Å²) in [7, 11) is 0. The summed E-state index contributed by atoms with van der Waals surface area (Å²) < 4.78 is 0. The summed E-state index contributed by atoms with van der Waals surface area (Å²) in [4.78, 5) is 9.06. The number of nitrogens with zero attached hydrogens (tertiary/aromatic N) is 2. The first-order chi connectivity index (χ1) is 12.8. The van der Waals surface area contributed by atoms with Gasteiger partial charge in [0.1, 0.15) is 0 Å². The number of fused-ring (bicyclic) bond motifs is 5. The van der Waals surface area contributed by atoms with Gasteiger partial charge in [-0.15, -0.1) is 11.3 Å². The van der Waals surface area contributed by atoms with Gasteiger partial charge in [0, 0.05) is 18.5 Å². The van der Waals surface area contributed by atoms with E-state index in [-0.39, 0.29) is 0 Å². The Hall–Kier alpha value is -2.23. The van der Waals surface area contributed by atoms with Crippen LogP contribution in [-0.2, 0) is 13.0 Å². The van der Waals surface area contributed by atoms with Gasteiger partial charge in [0.25, 0.3) is 0 Å². The molecule has 5 rings (SSSR count). The van der Waals surface area contributed by atoms with E-state index in [1.165, 1.54) is 43.4 Å². The maximum Gasteiger partial charge on any atom is 0.0859 e. The van der Waals surface area contributed by atoms with Crippen molar-refractivity contribution in [3.8, 4) is 10.6 Å². The summed E-state index contributed by atoms with van der Waals surface area (Å²) in [6.45, 7) is 7.69. The molecule has 0 spiro atoms. The summed E-state index contributed by atoms with van der Waals surface area (Å²) in [5.74, 6) is 0. The molecule has 4 aromatic rings. The summed E-state index contributed by atoms with van der Waals surface area (Å²) in [6.07, 6.45) is 1.10. The average Bonchev–Trinajstić information content (AvgIpc) is 3.12. The zero-order chi connectivity index (χ0) is 17.7. The second-order valence-electron chi connectivity index (χ2n) is 7.15. The fourth-order valence-electron chi connectivity index (χ4n) is 4.24. The van der Waals surface area contributed by atoms with Crippen molar-refractivity contribution < 1.29 is 0 Å². The zero-order valence-electron chi connectivity index (χ0n) is 15.2. The topological polar surface area (TPSA) is 16.1 Å². The number of pyridine rings is 1. The highest BCUT2D eigenvalue weighted by Gasteiger charge is 2.24. The van der Waals surface area contributed by atoms with Gasteiger partial charge in [-0.1, -0.05) is 37.3 Å². The van der Waals surface area contributed by atoms with Crippen molar-refractivity contribution in [1.82, 2.24) is 9.88 Å². The van der Waals surface area contributed by atoms with E-state index >= 15 is 0 Å². The minimum absolute atomic E-state index is 1.00. The lowest BCUT2D eigenvalue weighted by Crippen LogP contribution is -2.31. The molecule has 26 heavy (non-hydrogen) atoms. The van der Waals surface area contributed by atoms with Gasteiger partial charge < -0.3 is 0 Å². The molecule has 0 saturated carbocycles. The minimum Gasteiger partial charge on any atom is -0.299 e. The molecular weight excluding hydrogens is 336 g/mol. The second kappa shape index (κ2) is 6.19. The Kier molecular flexibility index (Phi) is 3.80. The molecule has 2 aromatic heterocycles. The number of aryl methyl sites for hydroxylation is 1. The van der Waals surface area contributed by atoms with Crippen LogP contribution in [0.5, 0.6) is 0 Å². The lowest BCUT2D eigenvalue weighted by molar-refractivity contribution is 0.269. The fourth-order valence-corrected chi connectivity index (χ4v) is 5.19. The third-order valence-corrected chi connectivity index (χ3v) is 6.70. The Balaban J connectivity index is 1.89. The molecule has 0 fully saturated rings. The smallest absolute Gasteiger partial charge is 0.0859 e. The van der Waals surface area contributed by atoms with Crippen molar-refractivity contribution in [2.24, 2.45) is 0 Å². The Bertz CT molecular complexity index is 1130. The summed E-state index contributed by atoms with van der Waals surface area (Å²) >= 11 is 1.82. The molecule has 0 amide bonds. The van der Waals surface area contributed by atoms with Crippen LogP contribution in [0.1, 0.15) is 23.6 Å². The number of benzene rings is 2. The van der Waals surface area contributed by atoms with E-state index in [1.807, 2.05) is 11.3 Å². The molecule has 130 valence electrons. The molecule has 1 aliphatic heterocycles. The molecule has 1 aliphatic rings. The van der Waals surface area contributed by atoms with Crippen LogP contribution in [0.15, 0.2) is 47.8 Å². The largest absolute Gasteiger partial charge is 0.299 e. The van der Waals surface area contributed by atoms with Crippen molar-refractivity contribution in [2.45, 2.75) is 26.8 Å². The van der Waals surface area contributed by atoms with E-state index in [0.717, 1.165) is 31.6 Å². The number of hydrogen-bond acceptors (Lipinski definition) is 3. The normalized spacial score (nSPS) is 14.8. The SMILES string of the molecule is CCN1CCc2c(c(-c3sccc3C)nc3ccc4ccccc4c23)C1.